The first-order chi connectivity index (χ1) is 10.7. The van der Waals surface area contributed by atoms with Gasteiger partial charge in [-0.05, 0) is 48.2 Å². The maximum absolute atomic E-state index is 11.8. The smallest absolute Gasteiger partial charge is 0.224 e. The fourth-order valence-corrected chi connectivity index (χ4v) is 2.60. The van der Waals surface area contributed by atoms with E-state index in [0.29, 0.717) is 6.42 Å². The molecule has 0 saturated heterocycles. The van der Waals surface area contributed by atoms with Crippen molar-refractivity contribution in [2.24, 2.45) is 0 Å². The fourth-order valence-electron chi connectivity index (χ4n) is 2.20. The van der Waals surface area contributed by atoms with Crippen LogP contribution in [0.3, 0.4) is 0 Å². The Labute approximate surface area is 140 Å². The average molecular weight is 361 g/mol. The molecule has 0 unspecified atom stereocenters. The van der Waals surface area contributed by atoms with Gasteiger partial charge in [0.25, 0.3) is 0 Å². The molecule has 0 heterocycles. The number of halogens is 1. The fraction of sp³-hybridized carbons (Fsp3) is 0.278. The number of rotatable bonds is 7. The second kappa shape index (κ2) is 8.59. The molecule has 0 atom stereocenters. The van der Waals surface area contributed by atoms with Gasteiger partial charge in [0, 0.05) is 23.1 Å². The summed E-state index contributed by atoms with van der Waals surface area (Å²) < 4.78 is 0. The van der Waals surface area contributed by atoms with Crippen molar-refractivity contribution in [3.8, 4) is 11.1 Å². The van der Waals surface area contributed by atoms with Gasteiger partial charge in [0.15, 0.2) is 0 Å². The molecule has 3 N–H and O–H groups in total. The number of carbonyl (C=O) groups excluding carboxylic acids is 1. The van der Waals surface area contributed by atoms with Crippen LogP contribution < -0.4 is 11.1 Å². The van der Waals surface area contributed by atoms with Crippen molar-refractivity contribution in [2.45, 2.75) is 25.7 Å². The van der Waals surface area contributed by atoms with Crippen LogP contribution in [0.2, 0.25) is 0 Å². The predicted molar refractivity (Wildman–Crippen MR) is 97.2 cm³/mol. The molecule has 0 fully saturated rings. The zero-order valence-corrected chi connectivity index (χ0v) is 14.1. The van der Waals surface area contributed by atoms with Crippen molar-refractivity contribution in [2.75, 3.05) is 16.4 Å². The van der Waals surface area contributed by atoms with E-state index in [1.165, 1.54) is 0 Å². The highest BCUT2D eigenvalue weighted by Gasteiger charge is 2.03. The highest BCUT2D eigenvalue weighted by molar-refractivity contribution is 9.09. The molecule has 0 aliphatic rings. The Kier molecular flexibility index (Phi) is 6.46. The summed E-state index contributed by atoms with van der Waals surface area (Å²) >= 11 is 3.39. The van der Waals surface area contributed by atoms with Gasteiger partial charge in [-0.15, -0.1) is 0 Å². The van der Waals surface area contributed by atoms with Crippen LogP contribution in [0.5, 0.6) is 0 Å². The van der Waals surface area contributed by atoms with Gasteiger partial charge in [-0.2, -0.15) is 0 Å². The zero-order valence-electron chi connectivity index (χ0n) is 12.5. The lowest BCUT2D eigenvalue weighted by Crippen LogP contribution is -2.10. The van der Waals surface area contributed by atoms with E-state index < -0.39 is 0 Å². The first-order valence-corrected chi connectivity index (χ1v) is 8.63. The van der Waals surface area contributed by atoms with Gasteiger partial charge < -0.3 is 11.1 Å². The number of nitrogens with one attached hydrogen (secondary N) is 1. The quantitative estimate of drug-likeness (QED) is 0.422. The van der Waals surface area contributed by atoms with E-state index in [-0.39, 0.29) is 5.91 Å². The molecule has 2 aromatic carbocycles. The predicted octanol–water partition coefficient (Wildman–Crippen LogP) is 4.83. The number of carbonyl (C=O) groups is 1. The summed E-state index contributed by atoms with van der Waals surface area (Å²) in [7, 11) is 0. The minimum atomic E-state index is 0.0785. The Morgan fingerprint density at radius 3 is 2.09 bits per heavy atom. The summed E-state index contributed by atoms with van der Waals surface area (Å²) in [6, 6.07) is 15.6. The lowest BCUT2D eigenvalue weighted by atomic mass is 10.1. The van der Waals surface area contributed by atoms with Crippen LogP contribution in [0.4, 0.5) is 11.4 Å². The van der Waals surface area contributed by atoms with E-state index in [2.05, 4.69) is 21.2 Å². The third kappa shape index (κ3) is 5.19. The summed E-state index contributed by atoms with van der Waals surface area (Å²) in [5.74, 6) is 0.0785. The Morgan fingerprint density at radius 1 is 0.909 bits per heavy atom. The van der Waals surface area contributed by atoms with Gasteiger partial charge in [0.2, 0.25) is 5.91 Å². The molecule has 0 radical (unpaired) electrons. The lowest BCUT2D eigenvalue weighted by Gasteiger charge is -2.07. The molecule has 0 saturated carbocycles. The highest BCUT2D eigenvalue weighted by atomic mass is 79.9. The van der Waals surface area contributed by atoms with E-state index >= 15 is 0 Å². The maximum atomic E-state index is 11.8. The summed E-state index contributed by atoms with van der Waals surface area (Å²) in [6.45, 7) is 0. The summed E-state index contributed by atoms with van der Waals surface area (Å²) in [4.78, 5) is 11.8. The van der Waals surface area contributed by atoms with Crippen LogP contribution in [0, 0.1) is 0 Å². The third-order valence-corrected chi connectivity index (χ3v) is 4.01. The molecule has 4 heteroatoms. The normalized spacial score (nSPS) is 10.4. The van der Waals surface area contributed by atoms with Crippen LogP contribution in [0.25, 0.3) is 11.1 Å². The van der Waals surface area contributed by atoms with Crippen molar-refractivity contribution >= 4 is 33.2 Å². The standard InChI is InChI=1S/C18H21BrN2O/c19-13-3-1-2-4-18(22)21-17-11-7-15(8-12-17)14-5-9-16(20)10-6-14/h5-12H,1-4,13,20H2,(H,21,22). The van der Waals surface area contributed by atoms with E-state index in [1.807, 2.05) is 48.5 Å². The number of amides is 1. The average Bonchev–Trinajstić information content (AvgIpc) is 2.53. The van der Waals surface area contributed by atoms with Crippen LogP contribution in [0.1, 0.15) is 25.7 Å². The Morgan fingerprint density at radius 2 is 1.50 bits per heavy atom. The summed E-state index contributed by atoms with van der Waals surface area (Å²) in [5.41, 5.74) is 9.51. The Hall–Kier alpha value is -1.81. The second-order valence-corrected chi connectivity index (χ2v) is 6.04. The Balaban J connectivity index is 1.89. The molecule has 3 nitrogen and oxygen atoms in total. The number of alkyl halides is 1. The monoisotopic (exact) mass is 360 g/mol. The molecule has 0 aliphatic heterocycles. The third-order valence-electron chi connectivity index (χ3n) is 3.45. The molecule has 1 amide bonds. The second-order valence-electron chi connectivity index (χ2n) is 5.25. The van der Waals surface area contributed by atoms with Gasteiger partial charge in [-0.1, -0.05) is 46.6 Å². The van der Waals surface area contributed by atoms with E-state index in [0.717, 1.165) is 47.1 Å². The maximum Gasteiger partial charge on any atom is 0.224 e. The van der Waals surface area contributed by atoms with Crippen LogP contribution in [-0.4, -0.2) is 11.2 Å². The number of hydrogen-bond donors (Lipinski definition) is 2. The van der Waals surface area contributed by atoms with Crippen LogP contribution in [0.15, 0.2) is 48.5 Å². The molecule has 116 valence electrons. The molecular weight excluding hydrogens is 340 g/mol. The number of nitrogens with two attached hydrogens (primary N) is 1. The van der Waals surface area contributed by atoms with E-state index in [9.17, 15) is 4.79 Å². The van der Waals surface area contributed by atoms with Crippen molar-refractivity contribution in [3.63, 3.8) is 0 Å². The first-order valence-electron chi connectivity index (χ1n) is 7.51. The zero-order chi connectivity index (χ0) is 15.8. The first kappa shape index (κ1) is 16.6. The van der Waals surface area contributed by atoms with Crippen molar-refractivity contribution in [1.82, 2.24) is 0 Å². The molecule has 2 aromatic rings. The van der Waals surface area contributed by atoms with E-state index in [4.69, 9.17) is 5.73 Å². The number of hydrogen-bond acceptors (Lipinski definition) is 2. The minimum absolute atomic E-state index is 0.0785. The minimum Gasteiger partial charge on any atom is -0.399 e. The topological polar surface area (TPSA) is 55.1 Å². The number of benzene rings is 2. The molecule has 0 aromatic heterocycles. The number of nitrogen functional groups attached to an aromatic ring is 1. The van der Waals surface area contributed by atoms with Crippen molar-refractivity contribution < 1.29 is 4.79 Å². The van der Waals surface area contributed by atoms with Gasteiger partial charge in [0.1, 0.15) is 0 Å². The molecule has 2 rings (SSSR count). The van der Waals surface area contributed by atoms with Crippen LogP contribution >= 0.6 is 15.9 Å². The van der Waals surface area contributed by atoms with Crippen molar-refractivity contribution in [1.29, 1.82) is 0 Å². The number of unbranched alkanes of at least 4 members (excludes halogenated alkanes) is 2. The van der Waals surface area contributed by atoms with Crippen LogP contribution in [-0.2, 0) is 4.79 Å². The molecule has 0 bridgehead atoms. The largest absolute Gasteiger partial charge is 0.399 e. The molecule has 0 aliphatic carbocycles. The van der Waals surface area contributed by atoms with Gasteiger partial charge in [0.05, 0.1) is 0 Å². The summed E-state index contributed by atoms with van der Waals surface area (Å²) in [6.07, 6.45) is 3.70. The molecular formula is C18H21BrN2O. The van der Waals surface area contributed by atoms with Crippen molar-refractivity contribution in [3.05, 3.63) is 48.5 Å². The van der Waals surface area contributed by atoms with Gasteiger partial charge in [-0.25, -0.2) is 0 Å². The van der Waals surface area contributed by atoms with E-state index in [1.54, 1.807) is 0 Å². The summed E-state index contributed by atoms with van der Waals surface area (Å²) in [5, 5.41) is 3.94. The lowest BCUT2D eigenvalue weighted by molar-refractivity contribution is -0.116. The number of anilines is 2. The molecule has 0 spiro atoms. The Bertz CT molecular complexity index is 593. The molecule has 22 heavy (non-hydrogen) atoms. The van der Waals surface area contributed by atoms with Gasteiger partial charge in [-0.3, -0.25) is 4.79 Å². The highest BCUT2D eigenvalue weighted by Crippen LogP contribution is 2.22. The van der Waals surface area contributed by atoms with Gasteiger partial charge >= 0.3 is 0 Å². The SMILES string of the molecule is Nc1ccc(-c2ccc(NC(=O)CCCCCBr)cc2)cc1.